The summed E-state index contributed by atoms with van der Waals surface area (Å²) in [6.45, 7) is 9.18. The summed E-state index contributed by atoms with van der Waals surface area (Å²) in [6.07, 6.45) is 2.55. The standard InChI is InChI=1S/C21H31N5OS.HI/c1-17-7-8-19(27-17)18(24-9-3-4-10-24)16-23-21(22-2)26-13-11-25(12-14-26)20-6-5-15-28-20;/h5-8,15,18H,3-4,9-14,16H2,1-2H3,(H,22,23);1H. The third-order valence-corrected chi connectivity index (χ3v) is 6.66. The number of furan rings is 1. The number of rotatable bonds is 5. The lowest BCUT2D eigenvalue weighted by atomic mass is 10.2. The molecule has 1 unspecified atom stereocenters. The van der Waals surface area contributed by atoms with Gasteiger partial charge in [0.25, 0.3) is 0 Å². The molecule has 6 nitrogen and oxygen atoms in total. The number of guanidine groups is 1. The zero-order valence-electron chi connectivity index (χ0n) is 17.3. The highest BCUT2D eigenvalue weighted by molar-refractivity contribution is 14.0. The minimum absolute atomic E-state index is 0. The molecular weight excluding hydrogens is 497 g/mol. The van der Waals surface area contributed by atoms with E-state index in [1.165, 1.54) is 17.8 Å². The highest BCUT2D eigenvalue weighted by Gasteiger charge is 2.27. The maximum atomic E-state index is 5.98. The summed E-state index contributed by atoms with van der Waals surface area (Å²) >= 11 is 1.82. The zero-order chi connectivity index (χ0) is 19.3. The second-order valence-electron chi connectivity index (χ2n) is 7.56. The number of hydrogen-bond donors (Lipinski definition) is 1. The van der Waals surface area contributed by atoms with Crippen LogP contribution in [-0.4, -0.2) is 68.6 Å². The average Bonchev–Trinajstić information content (AvgIpc) is 3.48. The van der Waals surface area contributed by atoms with E-state index in [0.717, 1.165) is 63.3 Å². The van der Waals surface area contributed by atoms with Crippen LogP contribution in [0.2, 0.25) is 0 Å². The maximum absolute atomic E-state index is 5.98. The Bertz CT molecular complexity index is 764. The molecule has 0 bridgehead atoms. The van der Waals surface area contributed by atoms with Gasteiger partial charge in [-0.1, -0.05) is 0 Å². The summed E-state index contributed by atoms with van der Waals surface area (Å²) in [5.74, 6) is 3.04. The zero-order valence-corrected chi connectivity index (χ0v) is 20.5. The molecule has 2 aromatic rings. The van der Waals surface area contributed by atoms with Crippen molar-refractivity contribution in [2.45, 2.75) is 25.8 Å². The first-order valence-electron chi connectivity index (χ1n) is 10.3. The van der Waals surface area contributed by atoms with E-state index in [4.69, 9.17) is 4.42 Å². The third-order valence-electron chi connectivity index (χ3n) is 5.73. The van der Waals surface area contributed by atoms with Crippen molar-refractivity contribution >= 4 is 46.3 Å². The molecule has 0 saturated carbocycles. The molecule has 4 heterocycles. The predicted molar refractivity (Wildman–Crippen MR) is 132 cm³/mol. The van der Waals surface area contributed by atoms with E-state index in [-0.39, 0.29) is 30.0 Å². The number of piperazine rings is 1. The van der Waals surface area contributed by atoms with Crippen LogP contribution in [0.5, 0.6) is 0 Å². The van der Waals surface area contributed by atoms with Gasteiger partial charge in [-0.3, -0.25) is 9.89 Å². The lowest BCUT2D eigenvalue weighted by Gasteiger charge is -2.37. The van der Waals surface area contributed by atoms with Gasteiger partial charge in [0.2, 0.25) is 0 Å². The molecule has 2 saturated heterocycles. The smallest absolute Gasteiger partial charge is 0.193 e. The topological polar surface area (TPSA) is 47.3 Å². The van der Waals surface area contributed by atoms with E-state index in [1.807, 2.05) is 25.3 Å². The molecule has 2 fully saturated rings. The Morgan fingerprint density at radius 1 is 1.14 bits per heavy atom. The SMILES string of the molecule is CN=C(NCC(c1ccc(C)o1)N1CCCC1)N1CCN(c2cccs2)CC1.I. The molecule has 2 aromatic heterocycles. The molecule has 0 spiro atoms. The van der Waals surface area contributed by atoms with Gasteiger partial charge in [-0.05, 0) is 62.5 Å². The van der Waals surface area contributed by atoms with Gasteiger partial charge >= 0.3 is 0 Å². The quantitative estimate of drug-likeness (QED) is 0.363. The van der Waals surface area contributed by atoms with Crippen LogP contribution in [-0.2, 0) is 0 Å². The van der Waals surface area contributed by atoms with Gasteiger partial charge in [0.15, 0.2) is 5.96 Å². The first-order chi connectivity index (χ1) is 13.7. The van der Waals surface area contributed by atoms with Gasteiger partial charge in [-0.15, -0.1) is 35.3 Å². The van der Waals surface area contributed by atoms with Crippen molar-refractivity contribution < 1.29 is 4.42 Å². The summed E-state index contributed by atoms with van der Waals surface area (Å²) in [5, 5.41) is 7.15. The van der Waals surface area contributed by atoms with E-state index in [0.29, 0.717) is 0 Å². The first kappa shape index (κ1) is 22.4. The molecule has 0 aliphatic carbocycles. The Hall–Kier alpha value is -1.26. The Morgan fingerprint density at radius 2 is 1.90 bits per heavy atom. The predicted octanol–water partition coefficient (Wildman–Crippen LogP) is 3.80. The number of aryl methyl sites for hydroxylation is 1. The van der Waals surface area contributed by atoms with Gasteiger partial charge < -0.3 is 19.5 Å². The average molecular weight is 529 g/mol. The largest absolute Gasteiger partial charge is 0.465 e. The summed E-state index contributed by atoms with van der Waals surface area (Å²) in [6, 6.07) is 8.79. The summed E-state index contributed by atoms with van der Waals surface area (Å²) in [4.78, 5) is 11.9. The van der Waals surface area contributed by atoms with Crippen LogP contribution in [0.15, 0.2) is 39.1 Å². The van der Waals surface area contributed by atoms with Gasteiger partial charge in [0, 0.05) is 39.8 Å². The number of hydrogen-bond acceptors (Lipinski definition) is 5. The summed E-state index contributed by atoms with van der Waals surface area (Å²) in [7, 11) is 1.88. The van der Waals surface area contributed by atoms with Crippen LogP contribution < -0.4 is 10.2 Å². The van der Waals surface area contributed by atoms with Crippen LogP contribution in [0, 0.1) is 6.92 Å². The number of halogens is 1. The van der Waals surface area contributed by atoms with E-state index < -0.39 is 0 Å². The van der Waals surface area contributed by atoms with Crippen LogP contribution in [0.1, 0.15) is 30.4 Å². The van der Waals surface area contributed by atoms with Crippen molar-refractivity contribution in [1.29, 1.82) is 0 Å². The second-order valence-corrected chi connectivity index (χ2v) is 8.49. The van der Waals surface area contributed by atoms with Crippen LogP contribution >= 0.6 is 35.3 Å². The van der Waals surface area contributed by atoms with Crippen LogP contribution in [0.3, 0.4) is 0 Å². The normalized spacial score (nSPS) is 19.3. The molecule has 0 radical (unpaired) electrons. The Morgan fingerprint density at radius 3 is 2.48 bits per heavy atom. The Balaban J connectivity index is 0.00000240. The fourth-order valence-electron chi connectivity index (χ4n) is 4.20. The van der Waals surface area contributed by atoms with Crippen molar-refractivity contribution in [2.75, 3.05) is 57.8 Å². The van der Waals surface area contributed by atoms with E-state index in [2.05, 4.69) is 54.7 Å². The van der Waals surface area contributed by atoms with Crippen molar-refractivity contribution in [3.05, 3.63) is 41.2 Å². The van der Waals surface area contributed by atoms with Crippen molar-refractivity contribution in [1.82, 2.24) is 15.1 Å². The number of likely N-dealkylation sites (tertiary alicyclic amines) is 1. The maximum Gasteiger partial charge on any atom is 0.193 e. The number of anilines is 1. The molecule has 4 rings (SSSR count). The van der Waals surface area contributed by atoms with Gasteiger partial charge in [-0.2, -0.15) is 0 Å². The number of nitrogens with zero attached hydrogens (tertiary/aromatic N) is 4. The highest BCUT2D eigenvalue weighted by atomic mass is 127. The molecule has 1 atom stereocenters. The Labute approximate surface area is 195 Å². The molecule has 1 N–H and O–H groups in total. The van der Waals surface area contributed by atoms with Gasteiger partial charge in [-0.25, -0.2) is 0 Å². The van der Waals surface area contributed by atoms with E-state index in [1.54, 1.807) is 0 Å². The fraction of sp³-hybridized carbons (Fsp3) is 0.571. The highest BCUT2D eigenvalue weighted by Crippen LogP contribution is 2.26. The number of aliphatic imine (C=N–C) groups is 1. The first-order valence-corrected chi connectivity index (χ1v) is 11.2. The molecule has 2 aliphatic rings. The van der Waals surface area contributed by atoms with Crippen LogP contribution in [0.25, 0.3) is 0 Å². The third kappa shape index (κ3) is 5.46. The molecular formula is C21H32IN5OS. The van der Waals surface area contributed by atoms with Crippen molar-refractivity contribution in [3.63, 3.8) is 0 Å². The molecule has 0 aromatic carbocycles. The molecule has 0 amide bonds. The van der Waals surface area contributed by atoms with E-state index in [9.17, 15) is 0 Å². The molecule has 160 valence electrons. The minimum Gasteiger partial charge on any atom is -0.465 e. The monoisotopic (exact) mass is 529 g/mol. The number of nitrogens with one attached hydrogen (secondary N) is 1. The number of thiophene rings is 1. The lowest BCUT2D eigenvalue weighted by Crippen LogP contribution is -2.53. The Kier molecular flexibility index (Phi) is 8.25. The van der Waals surface area contributed by atoms with Crippen molar-refractivity contribution in [2.24, 2.45) is 4.99 Å². The molecule has 2 aliphatic heterocycles. The lowest BCUT2D eigenvalue weighted by molar-refractivity contribution is 0.212. The summed E-state index contributed by atoms with van der Waals surface area (Å²) in [5.41, 5.74) is 0. The summed E-state index contributed by atoms with van der Waals surface area (Å²) < 4.78 is 5.98. The van der Waals surface area contributed by atoms with Gasteiger partial charge in [0.05, 0.1) is 11.0 Å². The van der Waals surface area contributed by atoms with Crippen LogP contribution in [0.4, 0.5) is 5.00 Å². The molecule has 29 heavy (non-hydrogen) atoms. The fourth-order valence-corrected chi connectivity index (χ4v) is 4.99. The van der Waals surface area contributed by atoms with Crippen molar-refractivity contribution in [3.8, 4) is 0 Å². The second kappa shape index (κ2) is 10.7. The van der Waals surface area contributed by atoms with Gasteiger partial charge in [0.1, 0.15) is 11.5 Å². The minimum atomic E-state index is 0. The van der Waals surface area contributed by atoms with E-state index >= 15 is 0 Å². The molecule has 8 heteroatoms.